The fourth-order valence-electron chi connectivity index (χ4n) is 2.25. The second kappa shape index (κ2) is 9.38. The molecule has 0 heterocycles. The van der Waals surface area contributed by atoms with Crippen molar-refractivity contribution in [3.8, 4) is 11.5 Å². The molecule has 0 bridgehead atoms. The summed E-state index contributed by atoms with van der Waals surface area (Å²) in [6.07, 6.45) is 0. The predicted octanol–water partition coefficient (Wildman–Crippen LogP) is 2.55. The molecule has 0 atom stereocenters. The first kappa shape index (κ1) is 19.2. The lowest BCUT2D eigenvalue weighted by Gasteiger charge is -2.16. The number of hydrogen-bond donors (Lipinski definition) is 1. The highest BCUT2D eigenvalue weighted by molar-refractivity contribution is 5.94. The lowest BCUT2D eigenvalue weighted by Crippen LogP contribution is -2.33. The topological polar surface area (TPSA) is 93.9 Å². The second-order valence-electron chi connectivity index (χ2n) is 5.59. The summed E-state index contributed by atoms with van der Waals surface area (Å²) in [5, 5.41) is 13.7. The number of benzene rings is 2. The van der Waals surface area contributed by atoms with Gasteiger partial charge >= 0.3 is 0 Å². The van der Waals surface area contributed by atoms with Crippen LogP contribution >= 0.6 is 0 Å². The van der Waals surface area contributed by atoms with Crippen LogP contribution in [0, 0.1) is 10.1 Å². The molecule has 0 saturated carbocycles. The van der Waals surface area contributed by atoms with Crippen molar-refractivity contribution in [1.82, 2.24) is 4.90 Å². The molecule has 0 aromatic heterocycles. The number of nitrogens with one attached hydrogen (secondary N) is 1. The molecule has 2 rings (SSSR count). The summed E-state index contributed by atoms with van der Waals surface area (Å²) in [6.45, 7) is 1.05. The average Bonchev–Trinajstić information content (AvgIpc) is 2.62. The molecule has 2 aromatic rings. The summed E-state index contributed by atoms with van der Waals surface area (Å²) < 4.78 is 10.5. The van der Waals surface area contributed by atoms with Crippen LogP contribution in [-0.2, 0) is 4.79 Å². The Morgan fingerprint density at radius 2 is 1.92 bits per heavy atom. The van der Waals surface area contributed by atoms with Crippen LogP contribution in [0.5, 0.6) is 11.5 Å². The molecule has 0 spiro atoms. The van der Waals surface area contributed by atoms with Crippen molar-refractivity contribution in [2.45, 2.75) is 0 Å². The first-order valence-electron chi connectivity index (χ1n) is 7.98. The van der Waals surface area contributed by atoms with Crippen molar-refractivity contribution in [2.75, 3.05) is 39.2 Å². The second-order valence-corrected chi connectivity index (χ2v) is 5.59. The number of rotatable bonds is 9. The van der Waals surface area contributed by atoms with Crippen molar-refractivity contribution in [3.05, 3.63) is 58.6 Å². The number of nitro groups is 1. The van der Waals surface area contributed by atoms with Gasteiger partial charge in [0.05, 0.1) is 24.6 Å². The maximum Gasteiger partial charge on any atom is 0.296 e. The fourth-order valence-corrected chi connectivity index (χ4v) is 2.25. The van der Waals surface area contributed by atoms with Crippen molar-refractivity contribution in [3.63, 3.8) is 0 Å². The van der Waals surface area contributed by atoms with E-state index in [9.17, 15) is 14.9 Å². The minimum absolute atomic E-state index is 0.0847. The molecule has 0 unspecified atom stereocenters. The Morgan fingerprint density at radius 3 is 2.58 bits per heavy atom. The van der Waals surface area contributed by atoms with E-state index < -0.39 is 4.92 Å². The lowest BCUT2D eigenvalue weighted by atomic mass is 10.2. The zero-order valence-electron chi connectivity index (χ0n) is 14.7. The number of nitrogens with zero attached hydrogens (tertiary/aromatic N) is 2. The molecule has 8 nitrogen and oxygen atoms in total. The lowest BCUT2D eigenvalue weighted by molar-refractivity contribution is -0.384. The number of para-hydroxylation sites is 1. The molecule has 8 heteroatoms. The Balaban J connectivity index is 1.85. The van der Waals surface area contributed by atoms with Gasteiger partial charge in [0, 0.05) is 6.54 Å². The van der Waals surface area contributed by atoms with Crippen LogP contribution in [0.25, 0.3) is 0 Å². The van der Waals surface area contributed by atoms with Crippen molar-refractivity contribution >= 4 is 17.3 Å². The third-order valence-electron chi connectivity index (χ3n) is 3.57. The van der Waals surface area contributed by atoms with Gasteiger partial charge in [-0.2, -0.15) is 0 Å². The number of carbonyl (C=O) groups is 1. The van der Waals surface area contributed by atoms with Gasteiger partial charge in [0.15, 0.2) is 0 Å². The van der Waals surface area contributed by atoms with Crippen LogP contribution in [0.4, 0.5) is 11.4 Å². The summed E-state index contributed by atoms with van der Waals surface area (Å²) in [5.41, 5.74) is -0.0810. The molecular weight excluding hydrogens is 338 g/mol. The van der Waals surface area contributed by atoms with Crippen LogP contribution in [0.3, 0.4) is 0 Å². The summed E-state index contributed by atoms with van der Waals surface area (Å²) in [5.74, 6) is 0.768. The quantitative estimate of drug-likeness (QED) is 0.546. The number of methoxy groups -OCH3 is 1. The summed E-state index contributed by atoms with van der Waals surface area (Å²) >= 11 is 0. The fraction of sp³-hybridized carbons (Fsp3) is 0.278. The molecule has 0 fully saturated rings. The maximum absolute atomic E-state index is 12.1. The highest BCUT2D eigenvalue weighted by Gasteiger charge is 2.17. The molecule has 1 N–H and O–H groups in total. The predicted molar refractivity (Wildman–Crippen MR) is 97.7 cm³/mol. The van der Waals surface area contributed by atoms with E-state index in [-0.39, 0.29) is 23.8 Å². The Morgan fingerprint density at radius 1 is 1.19 bits per heavy atom. The van der Waals surface area contributed by atoms with Crippen molar-refractivity contribution in [1.29, 1.82) is 0 Å². The molecule has 1 amide bonds. The first-order valence-corrected chi connectivity index (χ1v) is 7.98. The Hall–Kier alpha value is -3.13. The first-order chi connectivity index (χ1) is 12.5. The van der Waals surface area contributed by atoms with Gasteiger partial charge in [-0.15, -0.1) is 0 Å². The molecule has 2 aromatic carbocycles. The Bertz CT molecular complexity index is 752. The number of anilines is 1. The third kappa shape index (κ3) is 5.75. The molecular formula is C18H21N3O5. The molecule has 0 saturated heterocycles. The van der Waals surface area contributed by atoms with Gasteiger partial charge in [-0.25, -0.2) is 0 Å². The van der Waals surface area contributed by atoms with E-state index in [2.05, 4.69) is 5.32 Å². The van der Waals surface area contributed by atoms with E-state index in [1.54, 1.807) is 18.0 Å². The van der Waals surface area contributed by atoms with Crippen molar-refractivity contribution < 1.29 is 19.2 Å². The van der Waals surface area contributed by atoms with E-state index in [1.807, 2.05) is 30.3 Å². The van der Waals surface area contributed by atoms with Gasteiger partial charge in [-0.05, 0) is 31.3 Å². The van der Waals surface area contributed by atoms with E-state index in [1.165, 1.54) is 19.2 Å². The van der Waals surface area contributed by atoms with E-state index in [4.69, 9.17) is 9.47 Å². The minimum Gasteiger partial charge on any atom is -0.496 e. The van der Waals surface area contributed by atoms with Crippen LogP contribution < -0.4 is 14.8 Å². The number of carbonyl (C=O) groups excluding carboxylic acids is 1. The SMILES string of the molecule is COc1ccc(NC(=O)CN(C)CCOc2ccccc2)c([N+](=O)[O-])c1. The molecule has 138 valence electrons. The average molecular weight is 359 g/mol. The normalized spacial score (nSPS) is 10.4. The van der Waals surface area contributed by atoms with E-state index in [0.717, 1.165) is 5.75 Å². The van der Waals surface area contributed by atoms with Gasteiger partial charge in [-0.3, -0.25) is 19.8 Å². The summed E-state index contributed by atoms with van der Waals surface area (Å²) in [7, 11) is 3.19. The molecule has 26 heavy (non-hydrogen) atoms. The zero-order chi connectivity index (χ0) is 18.9. The number of hydrogen-bond acceptors (Lipinski definition) is 6. The van der Waals surface area contributed by atoms with Crippen LogP contribution in [0.15, 0.2) is 48.5 Å². The van der Waals surface area contributed by atoms with Gasteiger partial charge < -0.3 is 14.8 Å². The molecule has 0 aliphatic heterocycles. The van der Waals surface area contributed by atoms with E-state index in [0.29, 0.717) is 18.9 Å². The number of nitro benzene ring substituents is 1. The molecule has 0 aliphatic rings. The number of likely N-dealkylation sites (N-methyl/N-ethyl adjacent to an activating group) is 1. The van der Waals surface area contributed by atoms with Crippen molar-refractivity contribution in [2.24, 2.45) is 0 Å². The number of ether oxygens (including phenoxy) is 2. The van der Waals surface area contributed by atoms with E-state index >= 15 is 0 Å². The largest absolute Gasteiger partial charge is 0.496 e. The summed E-state index contributed by atoms with van der Waals surface area (Å²) in [6, 6.07) is 13.7. The van der Waals surface area contributed by atoms with Gasteiger partial charge in [0.1, 0.15) is 23.8 Å². The van der Waals surface area contributed by atoms with Crippen LogP contribution in [-0.4, -0.2) is 49.6 Å². The van der Waals surface area contributed by atoms with Gasteiger partial charge in [-0.1, -0.05) is 18.2 Å². The molecule has 0 radical (unpaired) electrons. The third-order valence-corrected chi connectivity index (χ3v) is 3.57. The monoisotopic (exact) mass is 359 g/mol. The smallest absolute Gasteiger partial charge is 0.296 e. The Kier molecular flexibility index (Phi) is 6.92. The minimum atomic E-state index is -0.560. The highest BCUT2D eigenvalue weighted by Crippen LogP contribution is 2.28. The highest BCUT2D eigenvalue weighted by atomic mass is 16.6. The Labute approximate surface area is 151 Å². The molecule has 0 aliphatic carbocycles. The number of amides is 1. The zero-order valence-corrected chi connectivity index (χ0v) is 14.7. The van der Waals surface area contributed by atoms with Gasteiger partial charge in [0.25, 0.3) is 5.69 Å². The standard InChI is InChI=1S/C18H21N3O5/c1-20(10-11-26-14-6-4-3-5-7-14)13-18(22)19-16-9-8-15(25-2)12-17(16)21(23)24/h3-9,12H,10-11,13H2,1-2H3,(H,19,22). The van der Waals surface area contributed by atoms with Crippen LogP contribution in [0.2, 0.25) is 0 Å². The van der Waals surface area contributed by atoms with Gasteiger partial charge in [0.2, 0.25) is 5.91 Å². The maximum atomic E-state index is 12.1. The van der Waals surface area contributed by atoms with Crippen LogP contribution in [0.1, 0.15) is 0 Å². The summed E-state index contributed by atoms with van der Waals surface area (Å²) in [4.78, 5) is 24.5.